The fourth-order valence-corrected chi connectivity index (χ4v) is 7.34. The van der Waals surface area contributed by atoms with Gasteiger partial charge in [0.15, 0.2) is 0 Å². The maximum atomic E-state index is 13.8. The maximum Gasteiger partial charge on any atom is 0.254 e. The number of hydrogen-bond donors (Lipinski definition) is 0. The summed E-state index contributed by atoms with van der Waals surface area (Å²) in [7, 11) is 0. The largest absolute Gasteiger partial charge is 0.316 e. The Kier molecular flexibility index (Phi) is 5.19. The van der Waals surface area contributed by atoms with Crippen LogP contribution in [0, 0.1) is 25.7 Å². The first kappa shape index (κ1) is 23.4. The quantitative estimate of drug-likeness (QED) is 0.217. The summed E-state index contributed by atoms with van der Waals surface area (Å²) in [4.78, 5) is 27.6. The highest BCUT2D eigenvalue weighted by molar-refractivity contribution is 6.35. The van der Waals surface area contributed by atoms with E-state index in [0.29, 0.717) is 10.0 Å². The predicted molar refractivity (Wildman–Crippen MR) is 148 cm³/mol. The van der Waals surface area contributed by atoms with E-state index in [1.54, 1.807) is 18.3 Å². The van der Waals surface area contributed by atoms with Gasteiger partial charge in [-0.15, -0.1) is 0 Å². The van der Waals surface area contributed by atoms with Crippen molar-refractivity contribution in [2.75, 3.05) is 0 Å². The van der Waals surface area contributed by atoms with Gasteiger partial charge in [-0.25, -0.2) is 0 Å². The van der Waals surface area contributed by atoms with Crippen LogP contribution in [0.2, 0.25) is 10.0 Å². The van der Waals surface area contributed by atoms with Crippen molar-refractivity contribution >= 4 is 41.2 Å². The Morgan fingerprint density at radius 2 is 1.29 bits per heavy atom. The van der Waals surface area contributed by atoms with Crippen LogP contribution in [0.3, 0.4) is 0 Å². The van der Waals surface area contributed by atoms with Gasteiger partial charge in [0.2, 0.25) is 0 Å². The highest BCUT2D eigenvalue weighted by atomic mass is 35.5. The molecule has 2 atom stereocenters. The zero-order valence-corrected chi connectivity index (χ0v) is 22.2. The van der Waals surface area contributed by atoms with Crippen LogP contribution in [0.5, 0.6) is 0 Å². The minimum atomic E-state index is -0.449. The van der Waals surface area contributed by atoms with E-state index in [1.165, 1.54) is 0 Å². The smallest absolute Gasteiger partial charge is 0.254 e. The van der Waals surface area contributed by atoms with Crippen molar-refractivity contribution in [3.05, 3.63) is 122 Å². The molecule has 7 heteroatoms. The van der Waals surface area contributed by atoms with Crippen molar-refractivity contribution in [1.82, 2.24) is 9.58 Å². The Hall–Kier alpha value is -3.67. The topological polar surface area (TPSA) is 54.7 Å². The monoisotopic (exact) mass is 539 g/mol. The summed E-state index contributed by atoms with van der Waals surface area (Å²) in [6.45, 7) is 3.93. The van der Waals surface area contributed by atoms with Gasteiger partial charge in [0.1, 0.15) is 0 Å². The molecule has 4 aromatic rings. The third kappa shape index (κ3) is 3.15. The van der Waals surface area contributed by atoms with Gasteiger partial charge in [-0.2, -0.15) is 10.1 Å². The number of aryl methyl sites for hydroxylation is 1. The third-order valence-electron chi connectivity index (χ3n) is 8.36. The lowest BCUT2D eigenvalue weighted by molar-refractivity contribution is -0.139. The molecule has 2 heterocycles. The highest BCUT2D eigenvalue weighted by Gasteiger charge is 2.61. The van der Waals surface area contributed by atoms with Crippen LogP contribution in [-0.4, -0.2) is 27.6 Å². The Labute approximate surface area is 230 Å². The fraction of sp³-hybridized carbons (Fsp3) is 0.194. The summed E-state index contributed by atoms with van der Waals surface area (Å²) in [5.74, 6) is -1.66. The lowest BCUT2D eigenvalue weighted by Crippen LogP contribution is -2.41. The number of imide groups is 1. The van der Waals surface area contributed by atoms with Gasteiger partial charge in [-0.1, -0.05) is 71.7 Å². The Morgan fingerprint density at radius 1 is 0.763 bits per heavy atom. The molecule has 38 heavy (non-hydrogen) atoms. The van der Waals surface area contributed by atoms with Gasteiger partial charge in [-0.3, -0.25) is 9.59 Å². The molecule has 3 aliphatic carbocycles. The fourth-order valence-electron chi connectivity index (χ4n) is 6.85. The van der Waals surface area contributed by atoms with Gasteiger partial charge in [-0.05, 0) is 60.4 Å². The maximum absolute atomic E-state index is 13.8. The van der Waals surface area contributed by atoms with Gasteiger partial charge < -0.3 is 4.57 Å². The number of carbonyl (C=O) groups excluding carboxylic acids is 2. The predicted octanol–water partition coefficient (Wildman–Crippen LogP) is 6.63. The standard InChI is InChI=1S/C31H23Cl2N3O2/c1-16-13-18(17(2)35(16)25-12-11-19(32)14-24(25)33)15-34-36-30(37)28-26-20-7-3-4-8-21(20)27(29(28)31(36)38)23-10-6-5-9-22(23)26/h3-15,26-29H,1-2H3/b34-15-/t26?,27?,28-,29-/m1/s1. The Morgan fingerprint density at radius 3 is 1.79 bits per heavy atom. The third-order valence-corrected chi connectivity index (χ3v) is 8.90. The second kappa shape index (κ2) is 8.42. The molecule has 188 valence electrons. The molecule has 0 unspecified atom stereocenters. The molecule has 0 saturated carbocycles. The highest BCUT2D eigenvalue weighted by Crippen LogP contribution is 2.60. The first-order valence-corrected chi connectivity index (χ1v) is 13.4. The van der Waals surface area contributed by atoms with E-state index < -0.39 is 11.8 Å². The number of amides is 2. The van der Waals surface area contributed by atoms with Crippen molar-refractivity contribution in [1.29, 1.82) is 0 Å². The number of hydrazone groups is 1. The molecule has 1 fully saturated rings. The summed E-state index contributed by atoms with van der Waals surface area (Å²) < 4.78 is 2.01. The molecule has 3 aromatic carbocycles. The average molecular weight is 540 g/mol. The van der Waals surface area contributed by atoms with Gasteiger partial charge in [0.25, 0.3) is 11.8 Å². The van der Waals surface area contributed by atoms with Crippen LogP contribution in [-0.2, 0) is 9.59 Å². The number of carbonyl (C=O) groups is 2. The molecule has 5 nitrogen and oxygen atoms in total. The van der Waals surface area contributed by atoms with Crippen molar-refractivity contribution < 1.29 is 9.59 Å². The molecule has 1 saturated heterocycles. The Bertz CT molecular complexity index is 1590. The van der Waals surface area contributed by atoms with Gasteiger partial charge >= 0.3 is 0 Å². The van der Waals surface area contributed by atoms with Crippen molar-refractivity contribution in [3.8, 4) is 5.69 Å². The summed E-state index contributed by atoms with van der Waals surface area (Å²) in [6, 6.07) is 23.8. The first-order chi connectivity index (χ1) is 18.4. The lowest BCUT2D eigenvalue weighted by atomic mass is 9.55. The molecular formula is C31H23Cl2N3O2. The van der Waals surface area contributed by atoms with E-state index in [9.17, 15) is 9.59 Å². The van der Waals surface area contributed by atoms with E-state index in [0.717, 1.165) is 49.9 Å². The van der Waals surface area contributed by atoms with Crippen LogP contribution in [0.25, 0.3) is 5.69 Å². The van der Waals surface area contributed by atoms with Crippen molar-refractivity contribution in [2.24, 2.45) is 16.9 Å². The Balaban J connectivity index is 1.27. The summed E-state index contributed by atoms with van der Waals surface area (Å²) >= 11 is 12.6. The summed E-state index contributed by atoms with van der Waals surface area (Å²) in [5, 5.41) is 6.69. The average Bonchev–Trinajstić information content (AvgIpc) is 3.34. The SMILES string of the molecule is Cc1cc(/C=N\N2C(=O)[C@@H]3C4c5ccccc5C(c5ccccc54)[C@H]3C2=O)c(C)n1-c1ccc(Cl)cc1Cl. The second-order valence-electron chi connectivity index (χ2n) is 10.3. The van der Waals surface area contributed by atoms with E-state index in [-0.39, 0.29) is 23.7 Å². The number of halogens is 2. The molecule has 2 amide bonds. The normalized spacial score (nSPS) is 23.2. The minimum absolute atomic E-state index is 0.147. The molecule has 4 aliphatic rings. The minimum Gasteiger partial charge on any atom is -0.316 e. The van der Waals surface area contributed by atoms with E-state index in [1.807, 2.05) is 54.8 Å². The van der Waals surface area contributed by atoms with Crippen LogP contribution >= 0.6 is 23.2 Å². The van der Waals surface area contributed by atoms with Crippen LogP contribution in [0.1, 0.15) is 51.0 Å². The zero-order valence-electron chi connectivity index (χ0n) is 20.7. The molecule has 1 aromatic heterocycles. The number of rotatable bonds is 3. The van der Waals surface area contributed by atoms with E-state index >= 15 is 0 Å². The van der Waals surface area contributed by atoms with Gasteiger partial charge in [0.05, 0.1) is 28.8 Å². The molecule has 1 aliphatic heterocycles. The summed E-state index contributed by atoms with van der Waals surface area (Å²) in [5.41, 5.74) is 8.04. The van der Waals surface area contributed by atoms with E-state index in [2.05, 4.69) is 29.4 Å². The number of benzene rings is 3. The van der Waals surface area contributed by atoms with Crippen LogP contribution in [0.15, 0.2) is 77.9 Å². The zero-order chi connectivity index (χ0) is 26.3. The second-order valence-corrected chi connectivity index (χ2v) is 11.1. The first-order valence-electron chi connectivity index (χ1n) is 12.6. The van der Waals surface area contributed by atoms with Gasteiger partial charge in [0, 0.05) is 33.8 Å². The molecule has 0 radical (unpaired) electrons. The summed E-state index contributed by atoms with van der Waals surface area (Å²) in [6.07, 6.45) is 1.61. The molecular weight excluding hydrogens is 517 g/mol. The van der Waals surface area contributed by atoms with Crippen LogP contribution < -0.4 is 0 Å². The molecule has 0 N–H and O–H groups in total. The van der Waals surface area contributed by atoms with Crippen molar-refractivity contribution in [2.45, 2.75) is 25.7 Å². The molecule has 2 bridgehead atoms. The lowest BCUT2D eigenvalue weighted by Gasteiger charge is -2.45. The number of aromatic nitrogens is 1. The van der Waals surface area contributed by atoms with Crippen molar-refractivity contribution in [3.63, 3.8) is 0 Å². The molecule has 8 rings (SSSR count). The van der Waals surface area contributed by atoms with Crippen LogP contribution in [0.4, 0.5) is 0 Å². The number of hydrogen-bond acceptors (Lipinski definition) is 3. The number of nitrogens with zero attached hydrogens (tertiary/aromatic N) is 3. The molecule has 0 spiro atoms. The van der Waals surface area contributed by atoms with E-state index in [4.69, 9.17) is 23.2 Å².